The van der Waals surface area contributed by atoms with Gasteiger partial charge in [0.05, 0.1) is 11.5 Å². The zero-order chi connectivity index (χ0) is 17.9. The Morgan fingerprint density at radius 2 is 2.17 bits per heavy atom. The molecular weight excluding hydrogens is 322 g/mol. The van der Waals surface area contributed by atoms with Crippen LogP contribution in [-0.4, -0.2) is 47.7 Å². The van der Waals surface area contributed by atoms with Crippen molar-refractivity contribution in [3.63, 3.8) is 0 Å². The Hall–Kier alpha value is -2.38. The summed E-state index contributed by atoms with van der Waals surface area (Å²) in [6.07, 6.45) is 0.390. The number of carboxylic acid groups (broad SMARTS) is 1. The molecule has 0 aliphatic carbocycles. The fourth-order valence-corrected chi connectivity index (χ4v) is 2.46. The second-order valence-electron chi connectivity index (χ2n) is 6.27. The van der Waals surface area contributed by atoms with Crippen LogP contribution in [0.4, 0.5) is 13.6 Å². The highest BCUT2D eigenvalue weighted by molar-refractivity contribution is 5.79. The first kappa shape index (κ1) is 18.0. The van der Waals surface area contributed by atoms with Crippen molar-refractivity contribution in [2.45, 2.75) is 26.3 Å². The summed E-state index contributed by atoms with van der Waals surface area (Å²) in [6, 6.07) is 2.15. The van der Waals surface area contributed by atoms with E-state index in [-0.39, 0.29) is 18.9 Å². The Labute approximate surface area is 138 Å². The maximum absolute atomic E-state index is 13.5. The molecule has 0 saturated carbocycles. The normalized spacial score (nSPS) is 21.4. The highest BCUT2D eigenvalue weighted by atomic mass is 19.1. The van der Waals surface area contributed by atoms with Gasteiger partial charge in [0.2, 0.25) is 0 Å². The van der Waals surface area contributed by atoms with E-state index in [2.05, 4.69) is 5.32 Å². The maximum Gasteiger partial charge on any atom is 0.317 e. The molecule has 2 N–H and O–H groups in total. The average molecular weight is 342 g/mol. The molecule has 1 saturated heterocycles. The van der Waals surface area contributed by atoms with Crippen molar-refractivity contribution in [1.29, 1.82) is 0 Å². The van der Waals surface area contributed by atoms with Crippen LogP contribution in [0.5, 0.6) is 5.75 Å². The molecule has 0 radical (unpaired) electrons. The third-order valence-electron chi connectivity index (χ3n) is 4.03. The molecule has 2 amide bonds. The molecule has 6 nitrogen and oxygen atoms in total. The van der Waals surface area contributed by atoms with Crippen LogP contribution in [-0.2, 0) is 4.79 Å². The van der Waals surface area contributed by atoms with Crippen LogP contribution in [0.3, 0.4) is 0 Å². The largest absolute Gasteiger partial charge is 0.488 e. The third-order valence-corrected chi connectivity index (χ3v) is 4.03. The number of nitrogens with one attached hydrogen (secondary N) is 1. The lowest BCUT2D eigenvalue weighted by molar-refractivity contribution is -0.147. The maximum atomic E-state index is 13.5. The summed E-state index contributed by atoms with van der Waals surface area (Å²) in [5.74, 6) is -2.54. The molecule has 1 aromatic rings. The summed E-state index contributed by atoms with van der Waals surface area (Å²) in [7, 11) is 0. The van der Waals surface area contributed by atoms with Crippen molar-refractivity contribution in [2.75, 3.05) is 19.7 Å². The van der Waals surface area contributed by atoms with Crippen molar-refractivity contribution in [3.05, 3.63) is 29.8 Å². The van der Waals surface area contributed by atoms with Crippen LogP contribution in [0.15, 0.2) is 18.2 Å². The highest BCUT2D eigenvalue weighted by Crippen LogP contribution is 2.30. The van der Waals surface area contributed by atoms with E-state index < -0.39 is 35.1 Å². The van der Waals surface area contributed by atoms with Gasteiger partial charge in [0, 0.05) is 19.2 Å². The SMILES string of the molecule is CC(COc1ccc(F)cc1F)NC(=O)N1CCC(C)(C(=O)O)C1. The fraction of sp³-hybridized carbons (Fsp3) is 0.500. The van der Waals surface area contributed by atoms with Gasteiger partial charge in [0.1, 0.15) is 12.4 Å². The molecule has 0 aromatic heterocycles. The number of benzene rings is 1. The first-order valence-corrected chi connectivity index (χ1v) is 7.58. The zero-order valence-electron chi connectivity index (χ0n) is 13.5. The van der Waals surface area contributed by atoms with E-state index >= 15 is 0 Å². The van der Waals surface area contributed by atoms with Gasteiger partial charge in [-0.05, 0) is 32.4 Å². The summed E-state index contributed by atoms with van der Waals surface area (Å²) < 4.78 is 31.5. The summed E-state index contributed by atoms with van der Waals surface area (Å²) in [5.41, 5.74) is -0.936. The monoisotopic (exact) mass is 342 g/mol. The minimum absolute atomic E-state index is 0.00166. The molecule has 1 aliphatic heterocycles. The van der Waals surface area contributed by atoms with Crippen molar-refractivity contribution in [2.24, 2.45) is 5.41 Å². The van der Waals surface area contributed by atoms with Crippen LogP contribution >= 0.6 is 0 Å². The molecule has 2 unspecified atom stereocenters. The fourth-order valence-electron chi connectivity index (χ4n) is 2.46. The minimum Gasteiger partial charge on any atom is -0.488 e. The lowest BCUT2D eigenvalue weighted by Crippen LogP contribution is -2.46. The van der Waals surface area contributed by atoms with E-state index in [0.717, 1.165) is 12.1 Å². The standard InChI is InChI=1S/C16H20F2N2O4/c1-10(8-24-13-4-3-11(17)7-12(13)18)19-15(23)20-6-5-16(2,9-20)14(21)22/h3-4,7,10H,5-6,8-9H2,1-2H3,(H,19,23)(H,21,22). The molecule has 132 valence electrons. The van der Waals surface area contributed by atoms with Gasteiger partial charge in [-0.1, -0.05) is 0 Å². The first-order valence-electron chi connectivity index (χ1n) is 7.58. The lowest BCUT2D eigenvalue weighted by Gasteiger charge is -2.23. The second kappa shape index (κ2) is 7.02. The van der Waals surface area contributed by atoms with E-state index in [0.29, 0.717) is 13.0 Å². The van der Waals surface area contributed by atoms with Gasteiger partial charge in [0.15, 0.2) is 11.6 Å². The quantitative estimate of drug-likeness (QED) is 0.860. The third kappa shape index (κ3) is 4.12. The molecule has 0 bridgehead atoms. The molecule has 1 aromatic carbocycles. The molecule has 1 heterocycles. The van der Waals surface area contributed by atoms with Crippen LogP contribution in [0.1, 0.15) is 20.3 Å². The molecule has 8 heteroatoms. The molecular formula is C16H20F2N2O4. The van der Waals surface area contributed by atoms with Crippen LogP contribution in [0.2, 0.25) is 0 Å². The molecule has 0 spiro atoms. The van der Waals surface area contributed by atoms with Gasteiger partial charge in [-0.25, -0.2) is 13.6 Å². The summed E-state index contributed by atoms with van der Waals surface area (Å²) in [6.45, 7) is 3.76. The Morgan fingerprint density at radius 1 is 1.46 bits per heavy atom. The van der Waals surface area contributed by atoms with E-state index in [1.807, 2.05) is 0 Å². The summed E-state index contributed by atoms with van der Waals surface area (Å²) in [4.78, 5) is 24.8. The summed E-state index contributed by atoms with van der Waals surface area (Å²) in [5, 5.41) is 11.8. The number of halogens is 2. The number of carbonyl (C=O) groups is 2. The summed E-state index contributed by atoms with van der Waals surface area (Å²) >= 11 is 0. The smallest absolute Gasteiger partial charge is 0.317 e. The number of amides is 2. The Morgan fingerprint density at radius 3 is 2.75 bits per heavy atom. The van der Waals surface area contributed by atoms with Crippen molar-refractivity contribution >= 4 is 12.0 Å². The number of hydrogen-bond acceptors (Lipinski definition) is 3. The predicted octanol–water partition coefficient (Wildman–Crippen LogP) is 2.24. The number of hydrogen-bond donors (Lipinski definition) is 2. The van der Waals surface area contributed by atoms with Gasteiger partial charge in [-0.2, -0.15) is 0 Å². The van der Waals surface area contributed by atoms with Gasteiger partial charge >= 0.3 is 12.0 Å². The zero-order valence-corrected chi connectivity index (χ0v) is 13.5. The minimum atomic E-state index is -0.936. The van der Waals surface area contributed by atoms with Gasteiger partial charge in [0.25, 0.3) is 0 Å². The van der Waals surface area contributed by atoms with E-state index in [9.17, 15) is 18.4 Å². The molecule has 24 heavy (non-hydrogen) atoms. The van der Waals surface area contributed by atoms with E-state index in [4.69, 9.17) is 9.84 Å². The molecule has 2 rings (SSSR count). The van der Waals surface area contributed by atoms with Crippen LogP contribution in [0, 0.1) is 17.0 Å². The number of carbonyl (C=O) groups excluding carboxylic acids is 1. The van der Waals surface area contributed by atoms with Crippen molar-refractivity contribution in [3.8, 4) is 5.75 Å². The predicted molar refractivity (Wildman–Crippen MR) is 81.8 cm³/mol. The molecule has 2 atom stereocenters. The Bertz CT molecular complexity index is 641. The molecule has 1 aliphatic rings. The number of carboxylic acids is 1. The number of ether oxygens (including phenoxy) is 1. The number of urea groups is 1. The highest BCUT2D eigenvalue weighted by Gasteiger charge is 2.42. The second-order valence-corrected chi connectivity index (χ2v) is 6.27. The Balaban J connectivity index is 1.83. The number of nitrogens with zero attached hydrogens (tertiary/aromatic N) is 1. The van der Waals surface area contributed by atoms with Gasteiger partial charge in [-0.15, -0.1) is 0 Å². The number of aliphatic carboxylic acids is 1. The average Bonchev–Trinajstić information content (AvgIpc) is 2.90. The van der Waals surface area contributed by atoms with Crippen LogP contribution < -0.4 is 10.1 Å². The van der Waals surface area contributed by atoms with Crippen molar-refractivity contribution in [1.82, 2.24) is 10.2 Å². The first-order chi connectivity index (χ1) is 11.2. The van der Waals surface area contributed by atoms with Gasteiger partial charge < -0.3 is 20.1 Å². The van der Waals surface area contributed by atoms with Gasteiger partial charge in [-0.3, -0.25) is 4.79 Å². The molecule has 1 fully saturated rings. The Kier molecular flexibility index (Phi) is 5.26. The lowest BCUT2D eigenvalue weighted by atomic mass is 9.90. The topological polar surface area (TPSA) is 78.9 Å². The number of rotatable bonds is 5. The van der Waals surface area contributed by atoms with Crippen LogP contribution in [0.25, 0.3) is 0 Å². The number of likely N-dealkylation sites (tertiary alicyclic amines) is 1. The van der Waals surface area contributed by atoms with E-state index in [1.54, 1.807) is 13.8 Å². The van der Waals surface area contributed by atoms with Crippen molar-refractivity contribution < 1.29 is 28.2 Å². The van der Waals surface area contributed by atoms with E-state index in [1.165, 1.54) is 11.0 Å².